The van der Waals surface area contributed by atoms with E-state index in [1.54, 1.807) is 36.1 Å². The van der Waals surface area contributed by atoms with E-state index in [0.29, 0.717) is 24.6 Å². The summed E-state index contributed by atoms with van der Waals surface area (Å²) in [6.07, 6.45) is 1.72. The van der Waals surface area contributed by atoms with Crippen LogP contribution in [0, 0.1) is 6.92 Å². The van der Waals surface area contributed by atoms with Crippen molar-refractivity contribution in [2.24, 2.45) is 12.0 Å². The quantitative estimate of drug-likeness (QED) is 0.392. The summed E-state index contributed by atoms with van der Waals surface area (Å²) in [4.78, 5) is 4.12. The monoisotopic (exact) mass is 465 g/mol. The van der Waals surface area contributed by atoms with Crippen molar-refractivity contribution in [1.82, 2.24) is 20.4 Å². The third-order valence-electron chi connectivity index (χ3n) is 3.46. The van der Waals surface area contributed by atoms with Gasteiger partial charge in [-0.25, -0.2) is 0 Å². The van der Waals surface area contributed by atoms with Gasteiger partial charge in [-0.3, -0.25) is 9.67 Å². The van der Waals surface area contributed by atoms with Gasteiger partial charge in [-0.15, -0.1) is 24.0 Å². The Hall–Kier alpha value is -1.91. The lowest BCUT2D eigenvalue weighted by Gasteiger charge is -2.15. The highest BCUT2D eigenvalue weighted by atomic mass is 127. The van der Waals surface area contributed by atoms with Crippen LogP contribution in [0.3, 0.4) is 0 Å². The third-order valence-corrected chi connectivity index (χ3v) is 3.46. The molecule has 0 fully saturated rings. The van der Waals surface area contributed by atoms with Crippen molar-refractivity contribution in [2.45, 2.75) is 26.6 Å². The molecule has 9 heteroatoms. The molecule has 0 atom stereocenters. The summed E-state index contributed by atoms with van der Waals surface area (Å²) in [5.74, 6) is 0.714. The number of hydrogen-bond donors (Lipinski definition) is 2. The van der Waals surface area contributed by atoms with Crippen LogP contribution >= 0.6 is 24.0 Å². The molecule has 2 rings (SSSR count). The summed E-state index contributed by atoms with van der Waals surface area (Å²) >= 11 is 0. The SMILES string of the molecule is CN=C(NCc1cc(C)ccc1OC(F)F)NCc1ccnn1C.I. The summed E-state index contributed by atoms with van der Waals surface area (Å²) in [7, 11) is 3.50. The first kappa shape index (κ1) is 21.1. The van der Waals surface area contributed by atoms with Crippen LogP contribution in [0.5, 0.6) is 5.75 Å². The van der Waals surface area contributed by atoms with Gasteiger partial charge in [0, 0.05) is 32.4 Å². The lowest BCUT2D eigenvalue weighted by Crippen LogP contribution is -2.36. The number of aryl methyl sites for hydroxylation is 2. The second-order valence-corrected chi connectivity index (χ2v) is 5.22. The number of guanidine groups is 1. The number of halogens is 3. The first-order valence-corrected chi connectivity index (χ1v) is 7.45. The Balaban J connectivity index is 0.00000312. The van der Waals surface area contributed by atoms with E-state index in [4.69, 9.17) is 0 Å². The molecule has 0 unspecified atom stereocenters. The number of rotatable bonds is 6. The van der Waals surface area contributed by atoms with Crippen LogP contribution in [0.2, 0.25) is 0 Å². The molecule has 0 amide bonds. The molecule has 0 aliphatic rings. The highest BCUT2D eigenvalue weighted by molar-refractivity contribution is 14.0. The number of nitrogens with zero attached hydrogens (tertiary/aromatic N) is 3. The summed E-state index contributed by atoms with van der Waals surface area (Å²) in [6.45, 7) is -0.0988. The average Bonchev–Trinajstić information content (AvgIpc) is 2.94. The van der Waals surface area contributed by atoms with Crippen LogP contribution in [0.25, 0.3) is 0 Å². The first-order valence-electron chi connectivity index (χ1n) is 7.45. The molecule has 0 saturated heterocycles. The van der Waals surface area contributed by atoms with Gasteiger partial charge in [0.1, 0.15) is 5.75 Å². The lowest BCUT2D eigenvalue weighted by molar-refractivity contribution is -0.0504. The number of ether oxygens (including phenoxy) is 1. The minimum atomic E-state index is -2.85. The molecule has 0 bridgehead atoms. The maximum Gasteiger partial charge on any atom is 0.387 e. The predicted molar refractivity (Wildman–Crippen MR) is 103 cm³/mol. The number of alkyl halides is 2. The normalized spacial score (nSPS) is 11.2. The van der Waals surface area contributed by atoms with Gasteiger partial charge in [0.25, 0.3) is 0 Å². The molecule has 25 heavy (non-hydrogen) atoms. The van der Waals surface area contributed by atoms with Gasteiger partial charge in [0.2, 0.25) is 0 Å². The number of benzene rings is 1. The summed E-state index contributed by atoms with van der Waals surface area (Å²) < 4.78 is 31.3. The van der Waals surface area contributed by atoms with Crippen molar-refractivity contribution in [3.05, 3.63) is 47.3 Å². The Labute approximate surface area is 162 Å². The molecule has 1 heterocycles. The molecule has 0 saturated carbocycles. The zero-order chi connectivity index (χ0) is 17.5. The highest BCUT2D eigenvalue weighted by Crippen LogP contribution is 2.21. The molecule has 0 radical (unpaired) electrons. The second-order valence-electron chi connectivity index (χ2n) is 5.22. The Morgan fingerprint density at radius 2 is 2.00 bits per heavy atom. The molecule has 6 nitrogen and oxygen atoms in total. The Bertz CT molecular complexity index is 706. The first-order chi connectivity index (χ1) is 11.5. The largest absolute Gasteiger partial charge is 0.434 e. The van der Waals surface area contributed by atoms with Crippen LogP contribution in [0.1, 0.15) is 16.8 Å². The maximum absolute atomic E-state index is 12.5. The van der Waals surface area contributed by atoms with Gasteiger partial charge in [0.15, 0.2) is 5.96 Å². The molecule has 1 aromatic heterocycles. The summed E-state index contributed by atoms with van der Waals surface area (Å²) in [6, 6.07) is 6.98. The molecule has 2 N–H and O–H groups in total. The Morgan fingerprint density at radius 3 is 2.60 bits per heavy atom. The van der Waals surface area contributed by atoms with Crippen LogP contribution in [0.4, 0.5) is 8.78 Å². The molecular weight excluding hydrogens is 443 g/mol. The van der Waals surface area contributed by atoms with Crippen LogP contribution < -0.4 is 15.4 Å². The number of hydrogen-bond acceptors (Lipinski definition) is 3. The molecule has 0 aliphatic carbocycles. The third kappa shape index (κ3) is 6.48. The highest BCUT2D eigenvalue weighted by Gasteiger charge is 2.10. The van der Waals surface area contributed by atoms with Gasteiger partial charge in [-0.2, -0.15) is 13.9 Å². The second kappa shape index (κ2) is 10.2. The van der Waals surface area contributed by atoms with Crippen molar-refractivity contribution >= 4 is 29.9 Å². The van der Waals surface area contributed by atoms with Gasteiger partial charge in [-0.05, 0) is 19.1 Å². The van der Waals surface area contributed by atoms with E-state index in [-0.39, 0.29) is 29.7 Å². The van der Waals surface area contributed by atoms with Gasteiger partial charge < -0.3 is 15.4 Å². The minimum Gasteiger partial charge on any atom is -0.434 e. The van der Waals surface area contributed by atoms with Crippen molar-refractivity contribution in [3.8, 4) is 5.75 Å². The zero-order valence-electron chi connectivity index (χ0n) is 14.3. The topological polar surface area (TPSA) is 63.5 Å². The molecule has 2 aromatic rings. The summed E-state index contributed by atoms with van der Waals surface area (Å²) in [5.41, 5.74) is 2.60. The van der Waals surface area contributed by atoms with E-state index in [2.05, 4.69) is 25.5 Å². The minimum absolute atomic E-state index is 0. The Morgan fingerprint density at radius 1 is 1.28 bits per heavy atom. The van der Waals surface area contributed by atoms with Crippen molar-refractivity contribution < 1.29 is 13.5 Å². The maximum atomic E-state index is 12.5. The molecule has 138 valence electrons. The Kier molecular flexibility index (Phi) is 8.59. The molecule has 0 spiro atoms. The lowest BCUT2D eigenvalue weighted by atomic mass is 10.1. The number of aromatic nitrogens is 2. The van der Waals surface area contributed by atoms with Gasteiger partial charge >= 0.3 is 6.61 Å². The molecular formula is C16H22F2IN5O. The average molecular weight is 465 g/mol. The number of nitrogens with one attached hydrogen (secondary N) is 2. The fourth-order valence-corrected chi connectivity index (χ4v) is 2.21. The van der Waals surface area contributed by atoms with Crippen LogP contribution in [0.15, 0.2) is 35.5 Å². The van der Waals surface area contributed by atoms with Gasteiger partial charge in [0.05, 0.1) is 12.2 Å². The van der Waals surface area contributed by atoms with Crippen molar-refractivity contribution in [2.75, 3.05) is 7.05 Å². The van der Waals surface area contributed by atoms with E-state index in [0.717, 1.165) is 11.3 Å². The molecule has 0 aliphatic heterocycles. The van der Waals surface area contributed by atoms with E-state index in [1.165, 1.54) is 0 Å². The fourth-order valence-electron chi connectivity index (χ4n) is 2.21. The van der Waals surface area contributed by atoms with E-state index in [1.807, 2.05) is 20.0 Å². The standard InChI is InChI=1S/C16H21F2N5O.HI/c1-11-4-5-14(24-15(17)18)12(8-11)9-20-16(19-2)21-10-13-6-7-22-23(13)3;/h4-8,15H,9-10H2,1-3H3,(H2,19,20,21);1H. The zero-order valence-corrected chi connectivity index (χ0v) is 16.6. The predicted octanol–water partition coefficient (Wildman–Crippen LogP) is 2.81. The van der Waals surface area contributed by atoms with E-state index >= 15 is 0 Å². The molecule has 1 aromatic carbocycles. The van der Waals surface area contributed by atoms with E-state index < -0.39 is 6.61 Å². The fraction of sp³-hybridized carbons (Fsp3) is 0.375. The van der Waals surface area contributed by atoms with Crippen molar-refractivity contribution in [1.29, 1.82) is 0 Å². The van der Waals surface area contributed by atoms with Gasteiger partial charge in [-0.1, -0.05) is 17.7 Å². The van der Waals surface area contributed by atoms with E-state index in [9.17, 15) is 8.78 Å². The number of aliphatic imine (C=N–C) groups is 1. The summed E-state index contributed by atoms with van der Waals surface area (Å²) in [5, 5.41) is 10.3. The van der Waals surface area contributed by atoms with Crippen LogP contribution in [-0.4, -0.2) is 29.4 Å². The van der Waals surface area contributed by atoms with Crippen LogP contribution in [-0.2, 0) is 20.1 Å². The van der Waals surface area contributed by atoms with Crippen molar-refractivity contribution in [3.63, 3.8) is 0 Å². The smallest absolute Gasteiger partial charge is 0.387 e.